The lowest BCUT2D eigenvalue weighted by molar-refractivity contribution is 0.174. The largest absolute Gasteiger partial charge is 0.454 e. The molecule has 3 atom stereocenters. The number of nitrogens with zero attached hydrogens (tertiary/aromatic N) is 1. The maximum Gasteiger partial charge on any atom is 0.231 e. The molecule has 3 aliphatic carbocycles. The van der Waals surface area contributed by atoms with Gasteiger partial charge in [0, 0.05) is 28.9 Å². The third kappa shape index (κ3) is 2.51. The quantitative estimate of drug-likeness (QED) is 0.567. The number of hydrogen-bond acceptors (Lipinski definition) is 5. The first-order valence-electron chi connectivity index (χ1n) is 11.0. The average molecular weight is 417 g/mol. The molecular weight excluding hydrogens is 392 g/mol. The summed E-state index contributed by atoms with van der Waals surface area (Å²) in [6.45, 7) is 2.22. The van der Waals surface area contributed by atoms with Gasteiger partial charge in [-0.3, -0.25) is 0 Å². The molecule has 4 nitrogen and oxygen atoms in total. The van der Waals surface area contributed by atoms with Gasteiger partial charge in [0.2, 0.25) is 6.79 Å². The lowest BCUT2D eigenvalue weighted by Crippen LogP contribution is -2.26. The van der Waals surface area contributed by atoms with E-state index in [1.165, 1.54) is 30.4 Å². The molecule has 3 heterocycles. The number of benzene rings is 1. The molecule has 30 heavy (non-hydrogen) atoms. The van der Waals surface area contributed by atoms with Crippen LogP contribution < -0.4 is 14.8 Å². The Morgan fingerprint density at radius 1 is 1.13 bits per heavy atom. The molecule has 4 aliphatic rings. The average Bonchev–Trinajstić information content (AvgIpc) is 3.10. The number of fused-ring (bicyclic) bond motifs is 2. The summed E-state index contributed by atoms with van der Waals surface area (Å²) in [4.78, 5) is 5.04. The minimum Gasteiger partial charge on any atom is -0.454 e. The first-order chi connectivity index (χ1) is 14.8. The van der Waals surface area contributed by atoms with Crippen LogP contribution in [0.3, 0.4) is 0 Å². The standard InChI is InChI=1S/C25H24N2O2S/c1-2-20-17(8-19(1)25(20)4-5-25)11-26-12-18-7-16-9-22-23(29-14-28-22)10-21(16)27-24(18)15-3-6-30-13-15/h1-3,6-7,9-10,13,17,19-20,26H,4-5,8,11-12,14H2/t17-,19-,20-/m0/s1. The summed E-state index contributed by atoms with van der Waals surface area (Å²) in [5.74, 6) is 4.04. The third-order valence-corrected chi connectivity index (χ3v) is 8.43. The van der Waals surface area contributed by atoms with Crippen molar-refractivity contribution in [2.75, 3.05) is 13.3 Å². The summed E-state index contributed by atoms with van der Waals surface area (Å²) < 4.78 is 11.1. The van der Waals surface area contributed by atoms with E-state index in [4.69, 9.17) is 14.5 Å². The van der Waals surface area contributed by atoms with Crippen LogP contribution in [0.15, 0.2) is 47.2 Å². The van der Waals surface area contributed by atoms with E-state index in [2.05, 4.69) is 46.4 Å². The van der Waals surface area contributed by atoms with Crippen molar-refractivity contribution in [1.82, 2.24) is 10.3 Å². The molecule has 3 aromatic rings. The molecule has 0 radical (unpaired) electrons. The molecule has 1 aromatic carbocycles. The van der Waals surface area contributed by atoms with Crippen LogP contribution in [-0.2, 0) is 6.54 Å². The van der Waals surface area contributed by atoms with E-state index in [1.54, 1.807) is 11.3 Å². The van der Waals surface area contributed by atoms with Crippen molar-refractivity contribution in [2.24, 2.45) is 23.2 Å². The Balaban J connectivity index is 1.18. The van der Waals surface area contributed by atoms with Gasteiger partial charge in [0.25, 0.3) is 0 Å². The SMILES string of the molecule is C1=C[C@H]2[C@H](CNCc3cc4cc5c(cc4nc3-c3ccsc3)OCO5)C[C@H]1C21CC1. The van der Waals surface area contributed by atoms with Crippen molar-refractivity contribution < 1.29 is 9.47 Å². The van der Waals surface area contributed by atoms with Gasteiger partial charge in [-0.2, -0.15) is 11.3 Å². The lowest BCUT2D eigenvalue weighted by atomic mass is 9.89. The van der Waals surface area contributed by atoms with E-state index < -0.39 is 0 Å². The molecule has 7 rings (SSSR count). The van der Waals surface area contributed by atoms with Gasteiger partial charge >= 0.3 is 0 Å². The highest BCUT2D eigenvalue weighted by molar-refractivity contribution is 7.08. The Bertz CT molecular complexity index is 1170. The second kappa shape index (κ2) is 6.32. The number of aromatic nitrogens is 1. The van der Waals surface area contributed by atoms with Gasteiger partial charge in [0.05, 0.1) is 11.2 Å². The molecule has 1 N–H and O–H groups in total. The van der Waals surface area contributed by atoms with Crippen molar-refractivity contribution >= 4 is 22.2 Å². The molecule has 2 bridgehead atoms. The van der Waals surface area contributed by atoms with Gasteiger partial charge in [0.15, 0.2) is 11.5 Å². The monoisotopic (exact) mass is 416 g/mol. The maximum atomic E-state index is 5.58. The zero-order chi connectivity index (χ0) is 19.7. The fourth-order valence-corrected chi connectivity index (χ4v) is 6.78. The molecule has 1 aliphatic heterocycles. The number of allylic oxidation sites excluding steroid dienone is 2. The summed E-state index contributed by atoms with van der Waals surface area (Å²) in [5.41, 5.74) is 5.14. The Morgan fingerprint density at radius 3 is 2.83 bits per heavy atom. The Hall–Kier alpha value is -2.37. The van der Waals surface area contributed by atoms with Crippen molar-refractivity contribution in [3.05, 3.63) is 52.7 Å². The maximum absolute atomic E-state index is 5.58. The number of thiophene rings is 1. The van der Waals surface area contributed by atoms with Crippen LogP contribution in [0.1, 0.15) is 24.8 Å². The summed E-state index contributed by atoms with van der Waals surface area (Å²) >= 11 is 1.71. The Labute approximate surface area is 179 Å². The van der Waals surface area contributed by atoms with E-state index in [9.17, 15) is 0 Å². The van der Waals surface area contributed by atoms with E-state index in [0.717, 1.165) is 58.9 Å². The lowest BCUT2D eigenvalue weighted by Gasteiger charge is -2.21. The van der Waals surface area contributed by atoms with Gasteiger partial charge < -0.3 is 14.8 Å². The van der Waals surface area contributed by atoms with Crippen molar-refractivity contribution in [2.45, 2.75) is 25.8 Å². The summed E-state index contributed by atoms with van der Waals surface area (Å²) in [5, 5.41) is 9.20. The number of pyridine rings is 1. The molecule has 1 spiro atoms. The number of rotatable bonds is 5. The summed E-state index contributed by atoms with van der Waals surface area (Å²) in [6.07, 6.45) is 9.27. The van der Waals surface area contributed by atoms with E-state index in [-0.39, 0.29) is 6.79 Å². The fraction of sp³-hybridized carbons (Fsp3) is 0.400. The number of hydrogen-bond donors (Lipinski definition) is 1. The van der Waals surface area contributed by atoms with Gasteiger partial charge in [0.1, 0.15) is 0 Å². The number of nitrogens with one attached hydrogen (secondary N) is 1. The Morgan fingerprint density at radius 2 is 2.03 bits per heavy atom. The number of ether oxygens (including phenoxy) is 2. The topological polar surface area (TPSA) is 43.4 Å². The minimum atomic E-state index is 0.289. The van der Waals surface area contributed by atoms with E-state index >= 15 is 0 Å². The zero-order valence-corrected chi connectivity index (χ0v) is 17.6. The third-order valence-electron chi connectivity index (χ3n) is 7.75. The predicted molar refractivity (Wildman–Crippen MR) is 119 cm³/mol. The molecule has 2 aromatic heterocycles. The predicted octanol–water partition coefficient (Wildman–Crippen LogP) is 5.38. The van der Waals surface area contributed by atoms with Gasteiger partial charge in [-0.1, -0.05) is 12.2 Å². The highest BCUT2D eigenvalue weighted by Gasteiger charge is 2.62. The fourth-order valence-electron chi connectivity index (χ4n) is 6.14. The van der Waals surface area contributed by atoms with Crippen molar-refractivity contribution in [1.29, 1.82) is 0 Å². The molecule has 0 amide bonds. The minimum absolute atomic E-state index is 0.289. The van der Waals surface area contributed by atoms with Crippen molar-refractivity contribution in [3.63, 3.8) is 0 Å². The van der Waals surface area contributed by atoms with Crippen LogP contribution >= 0.6 is 11.3 Å². The first kappa shape index (κ1) is 17.3. The smallest absolute Gasteiger partial charge is 0.231 e. The summed E-state index contributed by atoms with van der Waals surface area (Å²) in [7, 11) is 0. The van der Waals surface area contributed by atoms with Crippen molar-refractivity contribution in [3.8, 4) is 22.8 Å². The molecule has 2 fully saturated rings. The second-order valence-corrected chi connectivity index (χ2v) is 10.1. The highest BCUT2D eigenvalue weighted by Crippen LogP contribution is 2.69. The first-order valence-corrected chi connectivity index (χ1v) is 11.9. The van der Waals surface area contributed by atoms with Gasteiger partial charge in [-0.15, -0.1) is 0 Å². The molecule has 5 heteroatoms. The van der Waals surface area contributed by atoms with E-state index in [0.29, 0.717) is 5.41 Å². The molecule has 0 unspecified atom stereocenters. The Kier molecular flexibility index (Phi) is 3.65. The summed E-state index contributed by atoms with van der Waals surface area (Å²) in [6, 6.07) is 8.49. The van der Waals surface area contributed by atoms with Crippen LogP contribution in [-0.4, -0.2) is 18.3 Å². The molecular formula is C25H24N2O2S. The molecule has 0 saturated heterocycles. The van der Waals surface area contributed by atoms with Crippen LogP contribution in [0.5, 0.6) is 11.5 Å². The van der Waals surface area contributed by atoms with Gasteiger partial charge in [-0.05, 0) is 78.1 Å². The van der Waals surface area contributed by atoms with Gasteiger partial charge in [-0.25, -0.2) is 4.98 Å². The second-order valence-electron chi connectivity index (χ2n) is 9.28. The van der Waals surface area contributed by atoms with Crippen LogP contribution in [0.25, 0.3) is 22.2 Å². The van der Waals surface area contributed by atoms with Crippen LogP contribution in [0.4, 0.5) is 0 Å². The van der Waals surface area contributed by atoms with E-state index in [1.807, 2.05) is 6.07 Å². The normalized spacial score (nSPS) is 26.9. The van der Waals surface area contributed by atoms with Crippen LogP contribution in [0, 0.1) is 23.2 Å². The highest BCUT2D eigenvalue weighted by atomic mass is 32.1. The molecule has 2 saturated carbocycles. The molecule has 152 valence electrons. The van der Waals surface area contributed by atoms with Crippen LogP contribution in [0.2, 0.25) is 0 Å². The zero-order valence-electron chi connectivity index (χ0n) is 16.8.